The number of rotatable bonds is 4. The van der Waals surface area contributed by atoms with Crippen LogP contribution in [0.4, 0.5) is 0 Å². The summed E-state index contributed by atoms with van der Waals surface area (Å²) in [5.74, 6) is 0.254. The highest BCUT2D eigenvalue weighted by Crippen LogP contribution is 2.35. The zero-order valence-corrected chi connectivity index (χ0v) is 12.6. The summed E-state index contributed by atoms with van der Waals surface area (Å²) in [6.07, 6.45) is 6.86. The molecule has 0 amide bonds. The molecule has 0 aromatic heterocycles. The van der Waals surface area contributed by atoms with Gasteiger partial charge in [0.2, 0.25) is 0 Å². The third-order valence-corrected chi connectivity index (χ3v) is 5.83. The Morgan fingerprint density at radius 2 is 1.80 bits per heavy atom. The second-order valence-electron chi connectivity index (χ2n) is 7.07. The van der Waals surface area contributed by atoms with E-state index in [-0.39, 0.29) is 0 Å². The minimum absolute atomic E-state index is 0.316. The van der Waals surface area contributed by atoms with Crippen molar-refractivity contribution in [3.8, 4) is 0 Å². The van der Waals surface area contributed by atoms with Crippen LogP contribution in [0.2, 0.25) is 0 Å². The fourth-order valence-corrected chi connectivity index (χ4v) is 4.73. The fraction of sp³-hybridized carbons (Fsp3) is 0.938. The summed E-state index contributed by atoms with van der Waals surface area (Å²) in [7, 11) is 0. The summed E-state index contributed by atoms with van der Waals surface area (Å²) in [4.78, 5) is 16.3. The van der Waals surface area contributed by atoms with Gasteiger partial charge < -0.3 is 5.11 Å². The van der Waals surface area contributed by atoms with Gasteiger partial charge in [-0.2, -0.15) is 0 Å². The lowest BCUT2D eigenvalue weighted by Gasteiger charge is -2.40. The molecule has 0 aromatic rings. The zero-order chi connectivity index (χ0) is 14.1. The number of nitrogens with zero attached hydrogens (tertiary/aromatic N) is 2. The molecule has 4 atom stereocenters. The van der Waals surface area contributed by atoms with Crippen LogP contribution < -0.4 is 0 Å². The number of piperidine rings is 1. The van der Waals surface area contributed by atoms with Crippen molar-refractivity contribution in [3.63, 3.8) is 0 Å². The number of fused-ring (bicyclic) bond motifs is 1. The lowest BCUT2D eigenvalue weighted by Crippen LogP contribution is -2.48. The number of hydrogen-bond donors (Lipinski definition) is 1. The van der Waals surface area contributed by atoms with Crippen molar-refractivity contribution in [1.82, 2.24) is 9.80 Å². The molecule has 0 radical (unpaired) electrons. The lowest BCUT2D eigenvalue weighted by molar-refractivity contribution is -0.138. The number of hydrogen-bond acceptors (Lipinski definition) is 3. The quantitative estimate of drug-likeness (QED) is 0.856. The van der Waals surface area contributed by atoms with Crippen molar-refractivity contribution in [2.45, 2.75) is 57.5 Å². The van der Waals surface area contributed by atoms with Crippen LogP contribution >= 0.6 is 0 Å². The Bertz CT molecular complexity index is 360. The standard InChI is InChI=1S/C16H28N2O2/c1-12(10-16(19)20)13-4-2-8-18(11-13)15-6-9-17-7-3-5-14(15)17/h12-15H,2-11H2,1H3,(H,19,20). The molecule has 4 nitrogen and oxygen atoms in total. The maximum absolute atomic E-state index is 10.9. The molecule has 3 heterocycles. The fourth-order valence-electron chi connectivity index (χ4n) is 4.73. The van der Waals surface area contributed by atoms with Crippen molar-refractivity contribution in [1.29, 1.82) is 0 Å². The van der Waals surface area contributed by atoms with Crippen molar-refractivity contribution >= 4 is 5.97 Å². The summed E-state index contributed by atoms with van der Waals surface area (Å²) in [6, 6.07) is 1.54. The number of carboxylic acids is 1. The average Bonchev–Trinajstić information content (AvgIpc) is 3.00. The van der Waals surface area contributed by atoms with Crippen LogP contribution in [0.15, 0.2) is 0 Å². The van der Waals surface area contributed by atoms with Gasteiger partial charge in [0, 0.05) is 31.6 Å². The van der Waals surface area contributed by atoms with Gasteiger partial charge in [-0.25, -0.2) is 0 Å². The Balaban J connectivity index is 1.59. The van der Waals surface area contributed by atoms with Crippen LogP contribution in [-0.2, 0) is 4.79 Å². The summed E-state index contributed by atoms with van der Waals surface area (Å²) >= 11 is 0. The van der Waals surface area contributed by atoms with Crippen molar-refractivity contribution in [3.05, 3.63) is 0 Å². The lowest BCUT2D eigenvalue weighted by atomic mass is 9.83. The number of carboxylic acid groups (broad SMARTS) is 1. The van der Waals surface area contributed by atoms with Crippen LogP contribution in [0.3, 0.4) is 0 Å². The van der Waals surface area contributed by atoms with Gasteiger partial charge in [0.05, 0.1) is 0 Å². The molecule has 114 valence electrons. The first-order valence-corrected chi connectivity index (χ1v) is 8.35. The second-order valence-corrected chi connectivity index (χ2v) is 7.07. The van der Waals surface area contributed by atoms with Crippen LogP contribution in [0.1, 0.15) is 45.4 Å². The first-order chi connectivity index (χ1) is 9.65. The highest BCUT2D eigenvalue weighted by Gasteiger charge is 2.41. The molecule has 4 unspecified atom stereocenters. The maximum Gasteiger partial charge on any atom is 0.303 e. The Kier molecular flexibility index (Phi) is 4.32. The Morgan fingerprint density at radius 1 is 1.10 bits per heavy atom. The number of carbonyl (C=O) groups is 1. The van der Waals surface area contributed by atoms with E-state index in [1.807, 2.05) is 0 Å². The molecule has 3 fully saturated rings. The van der Waals surface area contributed by atoms with Crippen molar-refractivity contribution in [2.75, 3.05) is 26.2 Å². The highest BCUT2D eigenvalue weighted by molar-refractivity contribution is 5.67. The van der Waals surface area contributed by atoms with E-state index in [1.165, 1.54) is 51.7 Å². The maximum atomic E-state index is 10.9. The first kappa shape index (κ1) is 14.3. The van der Waals surface area contributed by atoms with Crippen LogP contribution in [0.5, 0.6) is 0 Å². The molecule has 0 aliphatic carbocycles. The Hall–Kier alpha value is -0.610. The van der Waals surface area contributed by atoms with E-state index in [2.05, 4.69) is 16.7 Å². The number of likely N-dealkylation sites (tertiary alicyclic amines) is 1. The van der Waals surface area contributed by atoms with E-state index in [1.54, 1.807) is 0 Å². The van der Waals surface area contributed by atoms with Gasteiger partial charge in [-0.1, -0.05) is 6.92 Å². The highest BCUT2D eigenvalue weighted by atomic mass is 16.4. The largest absolute Gasteiger partial charge is 0.481 e. The van der Waals surface area contributed by atoms with E-state index < -0.39 is 5.97 Å². The van der Waals surface area contributed by atoms with Crippen molar-refractivity contribution in [2.24, 2.45) is 11.8 Å². The molecule has 3 aliphatic heterocycles. The molecule has 0 spiro atoms. The van der Waals surface area contributed by atoms with Crippen molar-refractivity contribution < 1.29 is 9.90 Å². The van der Waals surface area contributed by atoms with Gasteiger partial charge >= 0.3 is 5.97 Å². The first-order valence-electron chi connectivity index (χ1n) is 8.35. The number of aliphatic carboxylic acids is 1. The van der Waals surface area contributed by atoms with Gasteiger partial charge in [0.25, 0.3) is 0 Å². The van der Waals surface area contributed by atoms with E-state index in [0.29, 0.717) is 18.3 Å². The van der Waals surface area contributed by atoms with Gasteiger partial charge in [-0.15, -0.1) is 0 Å². The summed E-state index contributed by atoms with van der Waals surface area (Å²) in [5.41, 5.74) is 0. The molecule has 20 heavy (non-hydrogen) atoms. The molecule has 3 saturated heterocycles. The molecular weight excluding hydrogens is 252 g/mol. The minimum Gasteiger partial charge on any atom is -0.481 e. The predicted octanol–water partition coefficient (Wildman–Crippen LogP) is 2.05. The van der Waals surface area contributed by atoms with E-state index >= 15 is 0 Å². The Labute approximate surface area is 122 Å². The van der Waals surface area contributed by atoms with E-state index in [4.69, 9.17) is 5.11 Å². The second kappa shape index (κ2) is 6.02. The monoisotopic (exact) mass is 280 g/mol. The third kappa shape index (κ3) is 2.86. The summed E-state index contributed by atoms with van der Waals surface area (Å²) < 4.78 is 0. The molecular formula is C16H28N2O2. The molecule has 0 bridgehead atoms. The zero-order valence-electron chi connectivity index (χ0n) is 12.6. The van der Waals surface area contributed by atoms with E-state index in [0.717, 1.165) is 18.6 Å². The summed E-state index contributed by atoms with van der Waals surface area (Å²) in [5, 5.41) is 8.99. The van der Waals surface area contributed by atoms with Gasteiger partial charge in [0.15, 0.2) is 0 Å². The van der Waals surface area contributed by atoms with E-state index in [9.17, 15) is 4.79 Å². The molecule has 0 saturated carbocycles. The topological polar surface area (TPSA) is 43.8 Å². The summed E-state index contributed by atoms with van der Waals surface area (Å²) in [6.45, 7) is 7.06. The van der Waals surface area contributed by atoms with Gasteiger partial charge in [-0.05, 0) is 57.0 Å². The molecule has 3 aliphatic rings. The Morgan fingerprint density at radius 3 is 2.60 bits per heavy atom. The SMILES string of the molecule is CC(CC(=O)O)C1CCCN(C2CCN3CCCC23)C1. The van der Waals surface area contributed by atoms with Crippen LogP contribution in [-0.4, -0.2) is 59.1 Å². The average molecular weight is 280 g/mol. The molecule has 4 heteroatoms. The molecule has 3 rings (SSSR count). The van der Waals surface area contributed by atoms with Crippen LogP contribution in [0.25, 0.3) is 0 Å². The smallest absolute Gasteiger partial charge is 0.303 e. The predicted molar refractivity (Wildman–Crippen MR) is 78.7 cm³/mol. The molecule has 1 N–H and O–H groups in total. The van der Waals surface area contributed by atoms with Gasteiger partial charge in [0.1, 0.15) is 0 Å². The third-order valence-electron chi connectivity index (χ3n) is 5.83. The van der Waals surface area contributed by atoms with Crippen LogP contribution in [0, 0.1) is 11.8 Å². The van der Waals surface area contributed by atoms with Gasteiger partial charge in [-0.3, -0.25) is 14.6 Å². The normalized spacial score (nSPS) is 37.0. The molecule has 0 aromatic carbocycles. The minimum atomic E-state index is -0.641.